The van der Waals surface area contributed by atoms with E-state index in [0.717, 1.165) is 0 Å². The van der Waals surface area contributed by atoms with Crippen molar-refractivity contribution in [3.8, 4) is 11.5 Å². The third kappa shape index (κ3) is 4.55. The standard InChI is InChI=1S/C16H15Cl2NO3/c1-2-21-14-5-3-4-6-15(14)22-10-16(20)19-11-7-8-12(17)13(18)9-11/h3-9H,2,10H2,1H3,(H,19,20). The summed E-state index contributed by atoms with van der Waals surface area (Å²) in [6.07, 6.45) is 0. The Morgan fingerprint density at radius 3 is 2.36 bits per heavy atom. The van der Waals surface area contributed by atoms with Crippen molar-refractivity contribution in [2.24, 2.45) is 0 Å². The molecule has 116 valence electrons. The lowest BCUT2D eigenvalue weighted by Gasteiger charge is -2.11. The van der Waals surface area contributed by atoms with Crippen molar-refractivity contribution in [2.45, 2.75) is 6.92 Å². The fourth-order valence-corrected chi connectivity index (χ4v) is 2.06. The van der Waals surface area contributed by atoms with Gasteiger partial charge in [-0.3, -0.25) is 4.79 Å². The summed E-state index contributed by atoms with van der Waals surface area (Å²) < 4.78 is 10.9. The zero-order chi connectivity index (χ0) is 15.9. The molecule has 2 aromatic rings. The Hall–Kier alpha value is -1.91. The molecule has 0 spiro atoms. The number of carbonyl (C=O) groups excluding carboxylic acids is 1. The Morgan fingerprint density at radius 1 is 1.05 bits per heavy atom. The van der Waals surface area contributed by atoms with Gasteiger partial charge in [0.05, 0.1) is 16.7 Å². The molecule has 4 nitrogen and oxygen atoms in total. The highest BCUT2D eigenvalue weighted by molar-refractivity contribution is 6.42. The summed E-state index contributed by atoms with van der Waals surface area (Å²) >= 11 is 11.7. The molecular formula is C16H15Cl2NO3. The second-order valence-electron chi connectivity index (χ2n) is 4.35. The van der Waals surface area contributed by atoms with Crippen LogP contribution in [0.25, 0.3) is 0 Å². The van der Waals surface area contributed by atoms with E-state index in [1.54, 1.807) is 30.3 Å². The van der Waals surface area contributed by atoms with Crippen molar-refractivity contribution < 1.29 is 14.3 Å². The van der Waals surface area contributed by atoms with Crippen molar-refractivity contribution >= 4 is 34.8 Å². The number of nitrogens with one attached hydrogen (secondary N) is 1. The Balaban J connectivity index is 1.94. The summed E-state index contributed by atoms with van der Waals surface area (Å²) in [4.78, 5) is 11.9. The number of hydrogen-bond acceptors (Lipinski definition) is 3. The first-order valence-corrected chi connectivity index (χ1v) is 7.45. The van der Waals surface area contributed by atoms with Crippen molar-refractivity contribution in [1.29, 1.82) is 0 Å². The molecule has 2 rings (SSSR count). The lowest BCUT2D eigenvalue weighted by atomic mass is 10.3. The van der Waals surface area contributed by atoms with Gasteiger partial charge in [0.25, 0.3) is 5.91 Å². The maximum absolute atomic E-state index is 11.9. The Labute approximate surface area is 138 Å². The number of hydrogen-bond donors (Lipinski definition) is 1. The molecule has 0 saturated carbocycles. The highest BCUT2D eigenvalue weighted by atomic mass is 35.5. The molecule has 6 heteroatoms. The molecule has 0 bridgehead atoms. The molecule has 2 aromatic carbocycles. The summed E-state index contributed by atoms with van der Waals surface area (Å²) in [5, 5.41) is 3.49. The Morgan fingerprint density at radius 2 is 1.73 bits per heavy atom. The van der Waals surface area contributed by atoms with Crippen LogP contribution in [0.15, 0.2) is 42.5 Å². The van der Waals surface area contributed by atoms with E-state index in [1.165, 1.54) is 0 Å². The van der Waals surface area contributed by atoms with Crippen LogP contribution >= 0.6 is 23.2 Å². The molecule has 0 heterocycles. The second kappa shape index (κ2) is 7.92. The summed E-state index contributed by atoms with van der Waals surface area (Å²) in [7, 11) is 0. The van der Waals surface area contributed by atoms with Crippen LogP contribution in [-0.2, 0) is 4.79 Å². The molecule has 0 saturated heterocycles. The summed E-state index contributed by atoms with van der Waals surface area (Å²) in [5.74, 6) is 0.825. The summed E-state index contributed by atoms with van der Waals surface area (Å²) in [5.41, 5.74) is 0.557. The zero-order valence-electron chi connectivity index (χ0n) is 11.9. The van der Waals surface area contributed by atoms with Gasteiger partial charge >= 0.3 is 0 Å². The number of rotatable bonds is 6. The van der Waals surface area contributed by atoms with E-state index in [0.29, 0.717) is 33.8 Å². The largest absolute Gasteiger partial charge is 0.490 e. The first-order chi connectivity index (χ1) is 10.6. The fourth-order valence-electron chi connectivity index (χ4n) is 1.76. The Bertz CT molecular complexity index is 662. The van der Waals surface area contributed by atoms with Crippen LogP contribution in [0.3, 0.4) is 0 Å². The quantitative estimate of drug-likeness (QED) is 0.847. The molecule has 0 fully saturated rings. The minimum atomic E-state index is -0.301. The van der Waals surface area contributed by atoms with E-state index < -0.39 is 0 Å². The van der Waals surface area contributed by atoms with Gasteiger partial charge in [0.1, 0.15) is 0 Å². The average Bonchev–Trinajstić information content (AvgIpc) is 2.50. The van der Waals surface area contributed by atoms with Crippen molar-refractivity contribution in [2.75, 3.05) is 18.5 Å². The molecule has 0 unspecified atom stereocenters. The van der Waals surface area contributed by atoms with Crippen LogP contribution < -0.4 is 14.8 Å². The normalized spacial score (nSPS) is 10.1. The molecule has 0 atom stereocenters. The first-order valence-electron chi connectivity index (χ1n) is 6.69. The predicted octanol–water partition coefficient (Wildman–Crippen LogP) is 4.41. The third-order valence-electron chi connectivity index (χ3n) is 2.71. The lowest BCUT2D eigenvalue weighted by Crippen LogP contribution is -2.20. The van der Waals surface area contributed by atoms with Crippen LogP contribution in [0.5, 0.6) is 11.5 Å². The molecule has 0 aliphatic heterocycles. The van der Waals surface area contributed by atoms with Gasteiger partial charge < -0.3 is 14.8 Å². The van der Waals surface area contributed by atoms with Gasteiger partial charge in [0, 0.05) is 5.69 Å². The topological polar surface area (TPSA) is 47.6 Å². The van der Waals surface area contributed by atoms with Gasteiger partial charge in [-0.1, -0.05) is 35.3 Å². The van der Waals surface area contributed by atoms with E-state index in [9.17, 15) is 4.79 Å². The van der Waals surface area contributed by atoms with E-state index in [-0.39, 0.29) is 12.5 Å². The highest BCUT2D eigenvalue weighted by Crippen LogP contribution is 2.27. The smallest absolute Gasteiger partial charge is 0.262 e. The number of benzene rings is 2. The highest BCUT2D eigenvalue weighted by Gasteiger charge is 2.08. The fraction of sp³-hybridized carbons (Fsp3) is 0.188. The van der Waals surface area contributed by atoms with Gasteiger partial charge in [0.15, 0.2) is 18.1 Å². The molecular weight excluding hydrogens is 325 g/mol. The molecule has 0 radical (unpaired) electrons. The number of halogens is 2. The van der Waals surface area contributed by atoms with Gasteiger partial charge in [-0.2, -0.15) is 0 Å². The van der Waals surface area contributed by atoms with Crippen LogP contribution in [0, 0.1) is 0 Å². The zero-order valence-corrected chi connectivity index (χ0v) is 13.4. The van der Waals surface area contributed by atoms with E-state index in [2.05, 4.69) is 5.32 Å². The van der Waals surface area contributed by atoms with Gasteiger partial charge in [-0.25, -0.2) is 0 Å². The molecule has 0 aliphatic carbocycles. The lowest BCUT2D eigenvalue weighted by molar-refractivity contribution is -0.118. The van der Waals surface area contributed by atoms with E-state index >= 15 is 0 Å². The molecule has 0 aromatic heterocycles. The predicted molar refractivity (Wildman–Crippen MR) is 88.2 cm³/mol. The minimum Gasteiger partial charge on any atom is -0.490 e. The SMILES string of the molecule is CCOc1ccccc1OCC(=O)Nc1ccc(Cl)c(Cl)c1. The second-order valence-corrected chi connectivity index (χ2v) is 5.16. The maximum atomic E-state index is 11.9. The molecule has 22 heavy (non-hydrogen) atoms. The summed E-state index contributed by atoms with van der Waals surface area (Å²) in [6, 6.07) is 12.1. The van der Waals surface area contributed by atoms with Crippen LogP contribution in [0.4, 0.5) is 5.69 Å². The van der Waals surface area contributed by atoms with Gasteiger partial charge in [-0.05, 0) is 37.3 Å². The average molecular weight is 340 g/mol. The van der Waals surface area contributed by atoms with E-state index in [4.69, 9.17) is 32.7 Å². The number of carbonyl (C=O) groups is 1. The first kappa shape index (κ1) is 16.5. The van der Waals surface area contributed by atoms with Crippen molar-refractivity contribution in [1.82, 2.24) is 0 Å². The maximum Gasteiger partial charge on any atom is 0.262 e. The van der Waals surface area contributed by atoms with Crippen LogP contribution in [-0.4, -0.2) is 19.1 Å². The molecule has 1 N–H and O–H groups in total. The number of anilines is 1. The van der Waals surface area contributed by atoms with Crippen molar-refractivity contribution in [3.63, 3.8) is 0 Å². The summed E-state index contributed by atoms with van der Waals surface area (Å²) in [6.45, 7) is 2.27. The third-order valence-corrected chi connectivity index (χ3v) is 3.45. The number of para-hydroxylation sites is 2. The van der Waals surface area contributed by atoms with E-state index in [1.807, 2.05) is 19.1 Å². The molecule has 1 amide bonds. The van der Waals surface area contributed by atoms with Crippen molar-refractivity contribution in [3.05, 3.63) is 52.5 Å². The number of ether oxygens (including phenoxy) is 2. The van der Waals surface area contributed by atoms with Gasteiger partial charge in [-0.15, -0.1) is 0 Å². The van der Waals surface area contributed by atoms with Crippen LogP contribution in [0.2, 0.25) is 10.0 Å². The molecule has 0 aliphatic rings. The Kier molecular flexibility index (Phi) is 5.92. The number of amides is 1. The monoisotopic (exact) mass is 339 g/mol. The van der Waals surface area contributed by atoms with Gasteiger partial charge in [0.2, 0.25) is 0 Å². The minimum absolute atomic E-state index is 0.135. The van der Waals surface area contributed by atoms with Crippen LogP contribution in [0.1, 0.15) is 6.92 Å².